The molecule has 1 fully saturated rings. The Kier molecular flexibility index (Phi) is 3.75. The van der Waals surface area contributed by atoms with Crippen molar-refractivity contribution in [2.45, 2.75) is 31.8 Å². The normalized spacial score (nSPS) is 23.9. The molecule has 1 aliphatic carbocycles. The van der Waals surface area contributed by atoms with E-state index in [4.69, 9.17) is 5.26 Å². The summed E-state index contributed by atoms with van der Waals surface area (Å²) in [5.74, 6) is -0.0623. The van der Waals surface area contributed by atoms with Crippen LogP contribution in [0.1, 0.15) is 24.8 Å². The SMILES string of the molecule is CN(Cc1cccc(F)c1)C1CCCC1C#N. The van der Waals surface area contributed by atoms with Crippen molar-refractivity contribution < 1.29 is 4.39 Å². The van der Waals surface area contributed by atoms with Gasteiger partial charge in [0.05, 0.1) is 12.0 Å². The second-order valence-corrected chi connectivity index (χ2v) is 4.78. The fraction of sp³-hybridized carbons (Fsp3) is 0.500. The third kappa shape index (κ3) is 2.83. The molecule has 3 heteroatoms. The van der Waals surface area contributed by atoms with E-state index in [0.717, 1.165) is 24.8 Å². The van der Waals surface area contributed by atoms with Crippen molar-refractivity contribution in [2.24, 2.45) is 5.92 Å². The highest BCUT2D eigenvalue weighted by molar-refractivity contribution is 5.16. The maximum atomic E-state index is 13.1. The van der Waals surface area contributed by atoms with Crippen molar-refractivity contribution in [3.63, 3.8) is 0 Å². The van der Waals surface area contributed by atoms with Crippen LogP contribution in [0.15, 0.2) is 24.3 Å². The smallest absolute Gasteiger partial charge is 0.123 e. The zero-order chi connectivity index (χ0) is 12.3. The number of benzene rings is 1. The summed E-state index contributed by atoms with van der Waals surface area (Å²) in [6.07, 6.45) is 3.19. The second kappa shape index (κ2) is 5.29. The summed E-state index contributed by atoms with van der Waals surface area (Å²) in [7, 11) is 2.02. The van der Waals surface area contributed by atoms with E-state index in [1.54, 1.807) is 12.1 Å². The highest BCUT2D eigenvalue weighted by Crippen LogP contribution is 2.29. The molecular weight excluding hydrogens is 215 g/mol. The third-order valence-corrected chi connectivity index (χ3v) is 3.53. The largest absolute Gasteiger partial charge is 0.298 e. The number of halogens is 1. The molecule has 1 aliphatic rings. The molecule has 0 aromatic heterocycles. The number of hydrogen-bond acceptors (Lipinski definition) is 2. The molecule has 0 radical (unpaired) electrons. The lowest BCUT2D eigenvalue weighted by molar-refractivity contribution is 0.212. The van der Waals surface area contributed by atoms with Crippen molar-refractivity contribution in [3.8, 4) is 6.07 Å². The van der Waals surface area contributed by atoms with Gasteiger partial charge < -0.3 is 0 Å². The zero-order valence-corrected chi connectivity index (χ0v) is 10.1. The van der Waals surface area contributed by atoms with E-state index < -0.39 is 0 Å². The Morgan fingerprint density at radius 2 is 2.29 bits per heavy atom. The molecule has 2 atom stereocenters. The number of nitrogens with zero attached hydrogens (tertiary/aromatic N) is 2. The molecule has 17 heavy (non-hydrogen) atoms. The molecule has 0 bridgehead atoms. The maximum Gasteiger partial charge on any atom is 0.123 e. The summed E-state index contributed by atoms with van der Waals surface area (Å²) in [5, 5.41) is 9.06. The van der Waals surface area contributed by atoms with Crippen LogP contribution >= 0.6 is 0 Å². The fourth-order valence-corrected chi connectivity index (χ4v) is 2.66. The van der Waals surface area contributed by atoms with Crippen LogP contribution in [0.2, 0.25) is 0 Å². The Labute approximate surface area is 102 Å². The van der Waals surface area contributed by atoms with Gasteiger partial charge in [-0.15, -0.1) is 0 Å². The number of rotatable bonds is 3. The van der Waals surface area contributed by atoms with Gasteiger partial charge >= 0.3 is 0 Å². The first kappa shape index (κ1) is 12.1. The summed E-state index contributed by atoms with van der Waals surface area (Å²) < 4.78 is 13.1. The summed E-state index contributed by atoms with van der Waals surface area (Å²) in [6.45, 7) is 0.709. The van der Waals surface area contributed by atoms with E-state index in [2.05, 4.69) is 11.0 Å². The fourth-order valence-electron chi connectivity index (χ4n) is 2.66. The molecule has 0 N–H and O–H groups in total. The number of nitriles is 1. The van der Waals surface area contributed by atoms with Crippen LogP contribution in [0.4, 0.5) is 4.39 Å². The molecule has 0 amide bonds. The van der Waals surface area contributed by atoms with E-state index >= 15 is 0 Å². The van der Waals surface area contributed by atoms with Crippen molar-refractivity contribution >= 4 is 0 Å². The molecular formula is C14H17FN2. The van der Waals surface area contributed by atoms with Gasteiger partial charge in [-0.3, -0.25) is 4.90 Å². The van der Waals surface area contributed by atoms with Gasteiger partial charge in [-0.2, -0.15) is 5.26 Å². The average molecular weight is 232 g/mol. The highest BCUT2D eigenvalue weighted by Gasteiger charge is 2.30. The van der Waals surface area contributed by atoms with Crippen LogP contribution in [0, 0.1) is 23.1 Å². The molecule has 90 valence electrons. The highest BCUT2D eigenvalue weighted by atomic mass is 19.1. The maximum absolute atomic E-state index is 13.1. The van der Waals surface area contributed by atoms with Crippen molar-refractivity contribution in [1.82, 2.24) is 4.90 Å². The molecule has 0 saturated heterocycles. The number of hydrogen-bond donors (Lipinski definition) is 0. The summed E-state index contributed by atoms with van der Waals surface area (Å²) in [5.41, 5.74) is 0.969. The van der Waals surface area contributed by atoms with Gasteiger partial charge in [-0.05, 0) is 37.6 Å². The minimum Gasteiger partial charge on any atom is -0.298 e. The van der Waals surface area contributed by atoms with Gasteiger partial charge in [0.15, 0.2) is 0 Å². The second-order valence-electron chi connectivity index (χ2n) is 4.78. The van der Waals surface area contributed by atoms with Crippen molar-refractivity contribution in [1.29, 1.82) is 5.26 Å². The van der Waals surface area contributed by atoms with Gasteiger partial charge in [-0.25, -0.2) is 4.39 Å². The summed E-state index contributed by atoms with van der Waals surface area (Å²) >= 11 is 0. The lowest BCUT2D eigenvalue weighted by Crippen LogP contribution is -2.33. The Hall–Kier alpha value is -1.40. The van der Waals surface area contributed by atoms with Crippen LogP contribution in [0.25, 0.3) is 0 Å². The van der Waals surface area contributed by atoms with Crippen LogP contribution in [-0.2, 0) is 6.54 Å². The minimum absolute atomic E-state index is 0.133. The predicted octanol–water partition coefficient (Wildman–Crippen LogP) is 2.95. The van der Waals surface area contributed by atoms with Gasteiger partial charge in [0, 0.05) is 12.6 Å². The van der Waals surface area contributed by atoms with Gasteiger partial charge in [0.1, 0.15) is 5.82 Å². The summed E-state index contributed by atoms with van der Waals surface area (Å²) in [6, 6.07) is 9.37. The van der Waals surface area contributed by atoms with Gasteiger partial charge in [0.2, 0.25) is 0 Å². The van der Waals surface area contributed by atoms with E-state index in [-0.39, 0.29) is 11.7 Å². The lowest BCUT2D eigenvalue weighted by atomic mass is 10.0. The van der Waals surface area contributed by atoms with Gasteiger partial charge in [0.25, 0.3) is 0 Å². The van der Waals surface area contributed by atoms with Crippen molar-refractivity contribution in [3.05, 3.63) is 35.6 Å². The average Bonchev–Trinajstić information content (AvgIpc) is 2.77. The standard InChI is InChI=1S/C14H17FN2/c1-17(14-7-3-5-12(14)9-16)10-11-4-2-6-13(15)8-11/h2,4,6,8,12,14H,3,5,7,10H2,1H3. The molecule has 2 nitrogen and oxygen atoms in total. The Morgan fingerprint density at radius 3 is 3.00 bits per heavy atom. The molecule has 2 rings (SSSR count). The Bertz CT molecular complexity index is 424. The predicted molar refractivity (Wildman–Crippen MR) is 64.6 cm³/mol. The molecule has 0 heterocycles. The molecule has 1 saturated carbocycles. The molecule has 0 aliphatic heterocycles. The third-order valence-electron chi connectivity index (χ3n) is 3.53. The minimum atomic E-state index is -0.195. The first-order valence-electron chi connectivity index (χ1n) is 6.05. The molecule has 1 aromatic rings. The van der Waals surface area contributed by atoms with Crippen LogP contribution in [0.3, 0.4) is 0 Å². The molecule has 1 aromatic carbocycles. The first-order valence-corrected chi connectivity index (χ1v) is 6.05. The molecule has 2 unspecified atom stereocenters. The first-order chi connectivity index (χ1) is 8.20. The van der Waals surface area contributed by atoms with Crippen LogP contribution in [-0.4, -0.2) is 18.0 Å². The van der Waals surface area contributed by atoms with E-state index in [9.17, 15) is 4.39 Å². The van der Waals surface area contributed by atoms with E-state index in [1.165, 1.54) is 6.07 Å². The lowest BCUT2D eigenvalue weighted by Gasteiger charge is -2.26. The summed E-state index contributed by atoms with van der Waals surface area (Å²) in [4.78, 5) is 2.18. The van der Waals surface area contributed by atoms with Crippen LogP contribution < -0.4 is 0 Å². The molecule has 0 spiro atoms. The quantitative estimate of drug-likeness (QED) is 0.801. The van der Waals surface area contributed by atoms with E-state index in [1.807, 2.05) is 13.1 Å². The topological polar surface area (TPSA) is 27.0 Å². The van der Waals surface area contributed by atoms with Crippen LogP contribution in [0.5, 0.6) is 0 Å². The Morgan fingerprint density at radius 1 is 1.47 bits per heavy atom. The van der Waals surface area contributed by atoms with E-state index in [0.29, 0.717) is 12.6 Å². The monoisotopic (exact) mass is 232 g/mol. The van der Waals surface area contributed by atoms with Crippen molar-refractivity contribution in [2.75, 3.05) is 7.05 Å². The van der Waals surface area contributed by atoms with Gasteiger partial charge in [-0.1, -0.05) is 18.6 Å². The Balaban J connectivity index is 2.02. The zero-order valence-electron chi connectivity index (χ0n) is 10.1.